The summed E-state index contributed by atoms with van der Waals surface area (Å²) in [4.78, 5) is 18.2. The van der Waals surface area contributed by atoms with Gasteiger partial charge in [-0.15, -0.1) is 0 Å². The lowest BCUT2D eigenvalue weighted by atomic mass is 9.85. The standard InChI is InChI=1S/C14H22N2O3S/c1-14(2)5-4-7-16(8-6-14)13-15-10(9-19-3)11(20-13)12(17)18/h4-9H2,1-3H3,(H,17,18). The van der Waals surface area contributed by atoms with Crippen LogP contribution in [0.15, 0.2) is 0 Å². The van der Waals surface area contributed by atoms with E-state index in [1.54, 1.807) is 7.11 Å². The van der Waals surface area contributed by atoms with Crippen molar-refractivity contribution in [1.82, 2.24) is 4.98 Å². The van der Waals surface area contributed by atoms with Gasteiger partial charge in [-0.25, -0.2) is 9.78 Å². The number of hydrogen-bond donors (Lipinski definition) is 1. The molecule has 1 fully saturated rings. The number of carbonyl (C=O) groups is 1. The van der Waals surface area contributed by atoms with Gasteiger partial charge in [-0.3, -0.25) is 0 Å². The largest absolute Gasteiger partial charge is 0.477 e. The van der Waals surface area contributed by atoms with Crippen LogP contribution in [0.4, 0.5) is 5.13 Å². The number of anilines is 1. The summed E-state index contributed by atoms with van der Waals surface area (Å²) < 4.78 is 5.04. The minimum atomic E-state index is -0.920. The molecule has 1 aliphatic heterocycles. The van der Waals surface area contributed by atoms with E-state index >= 15 is 0 Å². The molecule has 112 valence electrons. The van der Waals surface area contributed by atoms with Crippen molar-refractivity contribution in [2.75, 3.05) is 25.1 Å². The molecule has 0 spiro atoms. The van der Waals surface area contributed by atoms with E-state index in [4.69, 9.17) is 4.74 Å². The molecular weight excluding hydrogens is 276 g/mol. The smallest absolute Gasteiger partial charge is 0.347 e. The third kappa shape index (κ3) is 3.49. The molecule has 2 heterocycles. The van der Waals surface area contributed by atoms with Gasteiger partial charge < -0.3 is 14.7 Å². The van der Waals surface area contributed by atoms with E-state index in [9.17, 15) is 9.90 Å². The summed E-state index contributed by atoms with van der Waals surface area (Å²) in [5.74, 6) is -0.920. The lowest BCUT2D eigenvalue weighted by Gasteiger charge is -2.22. The lowest BCUT2D eigenvalue weighted by Crippen LogP contribution is -2.24. The molecule has 0 saturated carbocycles. The summed E-state index contributed by atoms with van der Waals surface area (Å²) in [6.45, 7) is 6.71. The fraction of sp³-hybridized carbons (Fsp3) is 0.714. The van der Waals surface area contributed by atoms with Crippen LogP contribution < -0.4 is 4.90 Å². The Morgan fingerprint density at radius 3 is 2.85 bits per heavy atom. The van der Waals surface area contributed by atoms with Crippen LogP contribution in [-0.2, 0) is 11.3 Å². The normalized spacial score (nSPS) is 18.9. The summed E-state index contributed by atoms with van der Waals surface area (Å²) in [6, 6.07) is 0. The van der Waals surface area contributed by atoms with Crippen molar-refractivity contribution >= 4 is 22.4 Å². The summed E-state index contributed by atoms with van der Waals surface area (Å²) in [6.07, 6.45) is 3.43. The van der Waals surface area contributed by atoms with Crippen molar-refractivity contribution in [2.24, 2.45) is 5.41 Å². The number of carboxylic acid groups (broad SMARTS) is 1. The lowest BCUT2D eigenvalue weighted by molar-refractivity contribution is 0.0697. The third-order valence-electron chi connectivity index (χ3n) is 3.77. The Kier molecular flexibility index (Phi) is 4.65. The molecule has 1 N–H and O–H groups in total. The molecule has 5 nitrogen and oxygen atoms in total. The van der Waals surface area contributed by atoms with Gasteiger partial charge in [0.25, 0.3) is 0 Å². The summed E-state index contributed by atoms with van der Waals surface area (Å²) in [7, 11) is 1.55. The average Bonchev–Trinajstić information content (AvgIpc) is 2.69. The van der Waals surface area contributed by atoms with Gasteiger partial charge in [0.2, 0.25) is 0 Å². The molecule has 0 aromatic carbocycles. The molecule has 1 aromatic heterocycles. The van der Waals surface area contributed by atoms with E-state index in [0.29, 0.717) is 16.0 Å². The molecule has 0 radical (unpaired) electrons. The Hall–Kier alpha value is -1.14. The van der Waals surface area contributed by atoms with Gasteiger partial charge in [-0.05, 0) is 24.7 Å². The van der Waals surface area contributed by atoms with Gasteiger partial charge in [0, 0.05) is 20.2 Å². The van der Waals surface area contributed by atoms with Crippen LogP contribution in [0.5, 0.6) is 0 Å². The molecule has 1 aliphatic rings. The maximum absolute atomic E-state index is 11.3. The maximum Gasteiger partial charge on any atom is 0.347 e. The van der Waals surface area contributed by atoms with Crippen LogP contribution in [0, 0.1) is 5.41 Å². The molecule has 1 aromatic rings. The zero-order chi connectivity index (χ0) is 14.8. The number of aromatic carboxylic acids is 1. The number of rotatable bonds is 4. The highest BCUT2D eigenvalue weighted by molar-refractivity contribution is 7.17. The Labute approximate surface area is 123 Å². The molecule has 20 heavy (non-hydrogen) atoms. The first-order valence-electron chi connectivity index (χ1n) is 6.90. The highest BCUT2D eigenvalue weighted by atomic mass is 32.1. The van der Waals surface area contributed by atoms with Crippen molar-refractivity contribution in [2.45, 2.75) is 39.7 Å². The zero-order valence-electron chi connectivity index (χ0n) is 12.3. The Bertz CT molecular complexity index is 485. The molecule has 6 heteroatoms. The number of thiazole rings is 1. The van der Waals surface area contributed by atoms with Gasteiger partial charge in [-0.2, -0.15) is 0 Å². The van der Waals surface area contributed by atoms with E-state index in [1.165, 1.54) is 17.8 Å². The van der Waals surface area contributed by atoms with Crippen LogP contribution >= 0.6 is 11.3 Å². The SMILES string of the molecule is COCc1nc(N2CCCC(C)(C)CC2)sc1C(=O)O. The molecule has 0 unspecified atom stereocenters. The maximum atomic E-state index is 11.3. The molecule has 0 bridgehead atoms. The molecule has 0 atom stereocenters. The Balaban J connectivity index is 2.20. The van der Waals surface area contributed by atoms with Crippen molar-refractivity contribution in [3.63, 3.8) is 0 Å². The van der Waals surface area contributed by atoms with Crippen LogP contribution in [0.3, 0.4) is 0 Å². The topological polar surface area (TPSA) is 62.7 Å². The second-order valence-electron chi connectivity index (χ2n) is 6.02. The van der Waals surface area contributed by atoms with E-state index in [-0.39, 0.29) is 6.61 Å². The van der Waals surface area contributed by atoms with Gasteiger partial charge in [0.15, 0.2) is 5.13 Å². The number of hydrogen-bond acceptors (Lipinski definition) is 5. The van der Waals surface area contributed by atoms with Crippen LogP contribution in [-0.4, -0.2) is 36.3 Å². The summed E-state index contributed by atoms with van der Waals surface area (Å²) in [5.41, 5.74) is 0.889. The van der Waals surface area contributed by atoms with Crippen LogP contribution in [0.2, 0.25) is 0 Å². The van der Waals surface area contributed by atoms with E-state index < -0.39 is 5.97 Å². The van der Waals surface area contributed by atoms with E-state index in [0.717, 1.165) is 31.1 Å². The van der Waals surface area contributed by atoms with Crippen LogP contribution in [0.25, 0.3) is 0 Å². The molecule has 0 amide bonds. The van der Waals surface area contributed by atoms with Crippen molar-refractivity contribution in [3.8, 4) is 0 Å². The zero-order valence-corrected chi connectivity index (χ0v) is 13.1. The van der Waals surface area contributed by atoms with Gasteiger partial charge in [0.1, 0.15) is 4.88 Å². The number of nitrogens with zero attached hydrogens (tertiary/aromatic N) is 2. The fourth-order valence-electron chi connectivity index (χ4n) is 2.49. The Morgan fingerprint density at radius 2 is 2.20 bits per heavy atom. The minimum absolute atomic E-state index is 0.247. The summed E-state index contributed by atoms with van der Waals surface area (Å²) >= 11 is 1.26. The number of ether oxygens (including phenoxy) is 1. The predicted octanol–water partition coefficient (Wildman–Crippen LogP) is 3.00. The summed E-state index contributed by atoms with van der Waals surface area (Å²) in [5, 5.41) is 10.1. The quantitative estimate of drug-likeness (QED) is 0.926. The minimum Gasteiger partial charge on any atom is -0.477 e. The van der Waals surface area contributed by atoms with Gasteiger partial charge in [0.05, 0.1) is 12.3 Å². The molecule has 2 rings (SSSR count). The third-order valence-corrected chi connectivity index (χ3v) is 4.92. The van der Waals surface area contributed by atoms with Crippen molar-refractivity contribution < 1.29 is 14.6 Å². The average molecular weight is 298 g/mol. The van der Waals surface area contributed by atoms with Crippen LogP contribution in [0.1, 0.15) is 48.5 Å². The molecule has 1 saturated heterocycles. The first-order valence-corrected chi connectivity index (χ1v) is 7.71. The number of aromatic nitrogens is 1. The second kappa shape index (κ2) is 6.10. The van der Waals surface area contributed by atoms with Gasteiger partial charge in [-0.1, -0.05) is 25.2 Å². The molecule has 0 aliphatic carbocycles. The van der Waals surface area contributed by atoms with Gasteiger partial charge >= 0.3 is 5.97 Å². The number of methoxy groups -OCH3 is 1. The Morgan fingerprint density at radius 1 is 1.45 bits per heavy atom. The fourth-order valence-corrected chi connectivity index (χ4v) is 3.45. The first kappa shape index (κ1) is 15.3. The van der Waals surface area contributed by atoms with Crippen molar-refractivity contribution in [3.05, 3.63) is 10.6 Å². The van der Waals surface area contributed by atoms with E-state index in [1.807, 2.05) is 0 Å². The second-order valence-corrected chi connectivity index (χ2v) is 6.99. The van der Waals surface area contributed by atoms with E-state index in [2.05, 4.69) is 23.7 Å². The predicted molar refractivity (Wildman–Crippen MR) is 79.6 cm³/mol. The highest BCUT2D eigenvalue weighted by Gasteiger charge is 2.26. The highest BCUT2D eigenvalue weighted by Crippen LogP contribution is 2.34. The molecular formula is C14H22N2O3S. The van der Waals surface area contributed by atoms with Crippen molar-refractivity contribution in [1.29, 1.82) is 0 Å². The number of carboxylic acids is 1. The monoisotopic (exact) mass is 298 g/mol. The first-order chi connectivity index (χ1) is 9.43.